The molecular weight excluding hydrogens is 208 g/mol. The van der Waals surface area contributed by atoms with Gasteiger partial charge in [-0.15, -0.1) is 0 Å². The summed E-state index contributed by atoms with van der Waals surface area (Å²) in [6.07, 6.45) is 7.90. The Hall–Kier alpha value is -0.850. The number of Topliss-reactive ketones (excluding diaryl/α,β-unsaturated/α-hetero) is 1. The van der Waals surface area contributed by atoms with Crippen LogP contribution in [-0.2, 0) is 4.79 Å². The normalized spacial score (nSPS) is 37.7. The summed E-state index contributed by atoms with van der Waals surface area (Å²) < 4.78 is 0. The fraction of sp³-hybridized carbons (Fsp3) is 0.688. The van der Waals surface area contributed by atoms with E-state index in [0.717, 1.165) is 24.8 Å². The van der Waals surface area contributed by atoms with E-state index in [4.69, 9.17) is 0 Å². The Labute approximate surface area is 105 Å². The second kappa shape index (κ2) is 3.83. The van der Waals surface area contributed by atoms with Gasteiger partial charge in [0.2, 0.25) is 0 Å². The summed E-state index contributed by atoms with van der Waals surface area (Å²) in [5, 5.41) is 0. The second-order valence-electron chi connectivity index (χ2n) is 6.66. The smallest absolute Gasteiger partial charge is 0.164 e. The molecule has 2 aliphatic carbocycles. The third-order valence-corrected chi connectivity index (χ3v) is 4.76. The van der Waals surface area contributed by atoms with E-state index in [1.165, 1.54) is 5.57 Å². The summed E-state index contributed by atoms with van der Waals surface area (Å²) in [6, 6.07) is 0. The Morgan fingerprint density at radius 1 is 1.41 bits per heavy atom. The Balaban J connectivity index is 2.40. The van der Waals surface area contributed by atoms with Crippen molar-refractivity contribution in [3.05, 3.63) is 23.3 Å². The van der Waals surface area contributed by atoms with Gasteiger partial charge in [0.15, 0.2) is 5.78 Å². The maximum absolute atomic E-state index is 12.2. The van der Waals surface area contributed by atoms with Crippen LogP contribution in [0.2, 0.25) is 0 Å². The zero-order chi connectivity index (χ0) is 12.8. The van der Waals surface area contributed by atoms with Crippen LogP contribution >= 0.6 is 0 Å². The third kappa shape index (κ3) is 1.90. The fourth-order valence-corrected chi connectivity index (χ4v) is 3.89. The van der Waals surface area contributed by atoms with E-state index < -0.39 is 0 Å². The fourth-order valence-electron chi connectivity index (χ4n) is 3.89. The Bertz CT molecular complexity index is 411. The first-order valence-electron chi connectivity index (χ1n) is 6.68. The highest BCUT2D eigenvalue weighted by molar-refractivity contribution is 6.00. The van der Waals surface area contributed by atoms with Gasteiger partial charge in [-0.05, 0) is 56.9 Å². The highest BCUT2D eigenvalue weighted by atomic mass is 16.1. The summed E-state index contributed by atoms with van der Waals surface area (Å²) in [5.41, 5.74) is 2.53. The summed E-state index contributed by atoms with van der Waals surface area (Å²) in [6.45, 7) is 10.8. The molecule has 0 aromatic carbocycles. The number of hydrogen-bond acceptors (Lipinski definition) is 1. The van der Waals surface area contributed by atoms with Crippen LogP contribution in [0.15, 0.2) is 23.3 Å². The molecule has 1 heteroatoms. The maximum Gasteiger partial charge on any atom is 0.164 e. The van der Waals surface area contributed by atoms with Crippen molar-refractivity contribution in [3.8, 4) is 0 Å². The van der Waals surface area contributed by atoms with Crippen LogP contribution in [0.1, 0.15) is 53.9 Å². The van der Waals surface area contributed by atoms with Gasteiger partial charge >= 0.3 is 0 Å². The largest absolute Gasteiger partial charge is 0.294 e. The monoisotopic (exact) mass is 232 g/mol. The van der Waals surface area contributed by atoms with E-state index in [-0.39, 0.29) is 10.8 Å². The van der Waals surface area contributed by atoms with Crippen LogP contribution in [0.25, 0.3) is 0 Å². The molecular formula is C16H24O. The summed E-state index contributed by atoms with van der Waals surface area (Å²) >= 11 is 0. The zero-order valence-corrected chi connectivity index (χ0v) is 11.8. The van der Waals surface area contributed by atoms with E-state index in [0.29, 0.717) is 11.7 Å². The average Bonchev–Trinajstić information content (AvgIpc) is 2.52. The highest BCUT2D eigenvalue weighted by Crippen LogP contribution is 2.58. The topological polar surface area (TPSA) is 17.1 Å². The van der Waals surface area contributed by atoms with Gasteiger partial charge in [0.05, 0.1) is 0 Å². The molecule has 3 atom stereocenters. The molecule has 0 spiro atoms. The molecule has 0 heterocycles. The van der Waals surface area contributed by atoms with Crippen molar-refractivity contribution in [1.82, 2.24) is 0 Å². The number of allylic oxidation sites excluding steroid dienone is 4. The molecule has 1 unspecified atom stereocenters. The standard InChI is InChI=1S/C16H24O/c1-11(2)8-13(4)16-7-6-15(5,10-16)14(17)12(3)9-16/h8-9,13H,6-7,10H2,1-5H3/t13?,15-,16+/m1/s1. The number of carbonyl (C=O) groups is 1. The summed E-state index contributed by atoms with van der Waals surface area (Å²) in [4.78, 5) is 12.2. The number of fused-ring (bicyclic) bond motifs is 2. The van der Waals surface area contributed by atoms with Gasteiger partial charge in [-0.2, -0.15) is 0 Å². The van der Waals surface area contributed by atoms with Crippen molar-refractivity contribution in [1.29, 1.82) is 0 Å². The lowest BCUT2D eigenvalue weighted by molar-refractivity contribution is -0.124. The molecule has 1 nitrogen and oxygen atoms in total. The van der Waals surface area contributed by atoms with Crippen molar-refractivity contribution in [2.24, 2.45) is 16.7 Å². The first-order valence-corrected chi connectivity index (χ1v) is 6.68. The highest BCUT2D eigenvalue weighted by Gasteiger charge is 2.53. The van der Waals surface area contributed by atoms with Gasteiger partial charge in [0.25, 0.3) is 0 Å². The predicted molar refractivity (Wildman–Crippen MR) is 71.8 cm³/mol. The molecule has 2 aliphatic rings. The van der Waals surface area contributed by atoms with Crippen molar-refractivity contribution in [2.45, 2.75) is 53.9 Å². The van der Waals surface area contributed by atoms with Gasteiger partial charge in [-0.1, -0.05) is 31.6 Å². The van der Waals surface area contributed by atoms with Crippen molar-refractivity contribution in [2.75, 3.05) is 0 Å². The summed E-state index contributed by atoms with van der Waals surface area (Å²) in [7, 11) is 0. The minimum absolute atomic E-state index is 0.0808. The minimum Gasteiger partial charge on any atom is -0.294 e. The molecule has 0 amide bonds. The Kier molecular flexibility index (Phi) is 2.84. The Morgan fingerprint density at radius 3 is 2.65 bits per heavy atom. The Morgan fingerprint density at radius 2 is 2.06 bits per heavy atom. The lowest BCUT2D eigenvalue weighted by Crippen LogP contribution is -2.35. The van der Waals surface area contributed by atoms with E-state index >= 15 is 0 Å². The van der Waals surface area contributed by atoms with Gasteiger partial charge in [0, 0.05) is 5.41 Å². The molecule has 94 valence electrons. The van der Waals surface area contributed by atoms with Crippen LogP contribution < -0.4 is 0 Å². The molecule has 2 bridgehead atoms. The molecule has 2 rings (SSSR count). The lowest BCUT2D eigenvalue weighted by atomic mass is 9.65. The van der Waals surface area contributed by atoms with E-state index in [1.807, 2.05) is 6.92 Å². The molecule has 1 saturated carbocycles. The van der Waals surface area contributed by atoms with Crippen molar-refractivity contribution in [3.63, 3.8) is 0 Å². The van der Waals surface area contributed by atoms with E-state index in [9.17, 15) is 4.79 Å². The van der Waals surface area contributed by atoms with E-state index in [1.54, 1.807) is 0 Å². The summed E-state index contributed by atoms with van der Waals surface area (Å²) in [5.74, 6) is 0.924. The maximum atomic E-state index is 12.2. The zero-order valence-electron chi connectivity index (χ0n) is 11.8. The molecule has 0 saturated heterocycles. The van der Waals surface area contributed by atoms with E-state index in [2.05, 4.69) is 39.8 Å². The number of rotatable bonds is 2. The third-order valence-electron chi connectivity index (χ3n) is 4.76. The quantitative estimate of drug-likeness (QED) is 0.649. The predicted octanol–water partition coefficient (Wildman–Crippen LogP) is 4.29. The van der Waals surface area contributed by atoms with Crippen LogP contribution in [0.3, 0.4) is 0 Å². The number of carbonyl (C=O) groups excluding carboxylic acids is 1. The number of hydrogen-bond donors (Lipinski definition) is 0. The van der Waals surface area contributed by atoms with Crippen LogP contribution in [0.5, 0.6) is 0 Å². The van der Waals surface area contributed by atoms with Gasteiger partial charge in [-0.3, -0.25) is 4.79 Å². The molecule has 0 radical (unpaired) electrons. The second-order valence-corrected chi connectivity index (χ2v) is 6.66. The minimum atomic E-state index is -0.0808. The molecule has 0 N–H and O–H groups in total. The molecule has 1 fully saturated rings. The first kappa shape index (κ1) is 12.6. The van der Waals surface area contributed by atoms with Crippen LogP contribution in [0.4, 0.5) is 0 Å². The molecule has 0 aromatic rings. The lowest BCUT2D eigenvalue weighted by Gasteiger charge is -2.38. The molecule has 0 aromatic heterocycles. The van der Waals surface area contributed by atoms with Crippen LogP contribution in [0, 0.1) is 16.7 Å². The van der Waals surface area contributed by atoms with Gasteiger partial charge in [-0.25, -0.2) is 0 Å². The van der Waals surface area contributed by atoms with Gasteiger partial charge in [0.1, 0.15) is 0 Å². The average molecular weight is 232 g/mol. The van der Waals surface area contributed by atoms with Crippen molar-refractivity contribution >= 4 is 5.78 Å². The van der Waals surface area contributed by atoms with Crippen molar-refractivity contribution < 1.29 is 4.79 Å². The number of ketones is 1. The molecule has 0 aliphatic heterocycles. The van der Waals surface area contributed by atoms with Gasteiger partial charge < -0.3 is 0 Å². The van der Waals surface area contributed by atoms with Crippen LogP contribution in [-0.4, -0.2) is 5.78 Å². The first-order chi connectivity index (χ1) is 7.79. The SMILES string of the molecule is CC(C)=CC(C)[C@]12C=C(C)C(=O)[C@](C)(CC1)C2. The molecule has 17 heavy (non-hydrogen) atoms.